The highest BCUT2D eigenvalue weighted by molar-refractivity contribution is 7.91. The lowest BCUT2D eigenvalue weighted by atomic mass is 10.0. The molecular formula is C20H21N3O3S. The number of carbonyl (C=O) groups is 1. The monoisotopic (exact) mass is 383 g/mol. The number of sulfone groups is 1. The number of benzene rings is 1. The molecule has 1 aromatic carbocycles. The number of imidazole rings is 1. The third-order valence-corrected chi connectivity index (χ3v) is 6.94. The van der Waals surface area contributed by atoms with Crippen LogP contribution in [0.25, 0.3) is 16.8 Å². The first-order valence-electron chi connectivity index (χ1n) is 8.85. The van der Waals surface area contributed by atoms with Crippen LogP contribution in [0.3, 0.4) is 0 Å². The second-order valence-electron chi connectivity index (χ2n) is 7.12. The van der Waals surface area contributed by atoms with Gasteiger partial charge in [-0.25, -0.2) is 13.4 Å². The highest BCUT2D eigenvalue weighted by atomic mass is 32.2. The van der Waals surface area contributed by atoms with E-state index in [9.17, 15) is 13.2 Å². The number of hydrogen-bond acceptors (Lipinski definition) is 4. The van der Waals surface area contributed by atoms with Crippen LogP contribution in [0.5, 0.6) is 0 Å². The van der Waals surface area contributed by atoms with Gasteiger partial charge in [-0.1, -0.05) is 12.1 Å². The quantitative estimate of drug-likeness (QED) is 0.697. The average molecular weight is 383 g/mol. The molecule has 27 heavy (non-hydrogen) atoms. The Morgan fingerprint density at radius 3 is 2.81 bits per heavy atom. The van der Waals surface area contributed by atoms with Crippen LogP contribution in [0.1, 0.15) is 22.3 Å². The number of aromatic nitrogens is 2. The zero-order chi connectivity index (χ0) is 19.2. The zero-order valence-corrected chi connectivity index (χ0v) is 16.1. The minimum Gasteiger partial charge on any atom is -0.338 e. The summed E-state index contributed by atoms with van der Waals surface area (Å²) >= 11 is 0. The first-order valence-corrected chi connectivity index (χ1v) is 10.7. The highest BCUT2D eigenvalue weighted by Crippen LogP contribution is 2.25. The van der Waals surface area contributed by atoms with Crippen LogP contribution in [-0.2, 0) is 9.84 Å². The average Bonchev–Trinajstić information content (AvgIpc) is 3.27. The van der Waals surface area contributed by atoms with Gasteiger partial charge in [0.15, 0.2) is 9.84 Å². The van der Waals surface area contributed by atoms with Crippen LogP contribution in [0.4, 0.5) is 0 Å². The van der Waals surface area contributed by atoms with Crippen LogP contribution >= 0.6 is 0 Å². The minimum absolute atomic E-state index is 0.0470. The summed E-state index contributed by atoms with van der Waals surface area (Å²) in [5, 5.41) is 0. The maximum absolute atomic E-state index is 12.9. The van der Waals surface area contributed by atoms with Crippen LogP contribution in [0, 0.1) is 6.92 Å². The van der Waals surface area contributed by atoms with E-state index in [1.165, 1.54) is 0 Å². The Labute approximate surface area is 158 Å². The van der Waals surface area contributed by atoms with Crippen LogP contribution in [-0.4, -0.2) is 53.2 Å². The van der Waals surface area contributed by atoms with Crippen molar-refractivity contribution < 1.29 is 13.2 Å². The molecule has 140 valence electrons. The molecule has 0 saturated carbocycles. The predicted octanol–water partition coefficient (Wildman–Crippen LogP) is 2.57. The van der Waals surface area contributed by atoms with Crippen molar-refractivity contribution >= 4 is 21.4 Å². The Morgan fingerprint density at radius 1 is 1.26 bits per heavy atom. The van der Waals surface area contributed by atoms with Crippen molar-refractivity contribution in [2.75, 3.05) is 18.6 Å². The van der Waals surface area contributed by atoms with Gasteiger partial charge in [0, 0.05) is 37.2 Å². The molecule has 1 amide bonds. The first kappa shape index (κ1) is 17.7. The molecule has 0 radical (unpaired) electrons. The van der Waals surface area contributed by atoms with Crippen LogP contribution in [0.15, 0.2) is 48.9 Å². The lowest BCUT2D eigenvalue weighted by molar-refractivity contribution is 0.0747. The SMILES string of the molecule is Cc1cc(-c2cccc(C(=O)N(C)[C@@H]3CCS(=O)(=O)C3)c2)cn2ccnc12. The number of amides is 1. The van der Waals surface area contributed by atoms with Gasteiger partial charge < -0.3 is 9.30 Å². The number of pyridine rings is 1. The fourth-order valence-corrected chi connectivity index (χ4v) is 5.42. The van der Waals surface area contributed by atoms with Gasteiger partial charge in [-0.15, -0.1) is 0 Å². The zero-order valence-electron chi connectivity index (χ0n) is 15.3. The van der Waals surface area contributed by atoms with E-state index in [1.54, 1.807) is 24.2 Å². The maximum Gasteiger partial charge on any atom is 0.253 e. The summed E-state index contributed by atoms with van der Waals surface area (Å²) in [6.07, 6.45) is 6.15. The standard InChI is InChI=1S/C20H21N3O3S/c1-14-10-17(12-23-8-7-21-19(14)23)15-4-3-5-16(11-15)20(24)22(2)18-6-9-27(25,26)13-18/h3-5,7-8,10-12,18H,6,9,13H2,1-2H3/t18-/m1/s1. The number of fused-ring (bicyclic) bond motifs is 1. The van der Waals surface area contributed by atoms with Gasteiger partial charge in [0.2, 0.25) is 0 Å². The Kier molecular flexibility index (Phi) is 4.26. The fourth-order valence-electron chi connectivity index (χ4n) is 3.65. The van der Waals surface area contributed by atoms with E-state index in [0.717, 1.165) is 22.3 Å². The Morgan fingerprint density at radius 2 is 2.07 bits per heavy atom. The lowest BCUT2D eigenvalue weighted by Gasteiger charge is -2.23. The van der Waals surface area contributed by atoms with Gasteiger partial charge >= 0.3 is 0 Å². The molecule has 0 N–H and O–H groups in total. The molecule has 0 unspecified atom stereocenters. The van der Waals surface area contributed by atoms with Crippen LogP contribution < -0.4 is 0 Å². The molecule has 7 heteroatoms. The van der Waals surface area contributed by atoms with Gasteiger partial charge in [0.1, 0.15) is 5.65 Å². The minimum atomic E-state index is -3.03. The van der Waals surface area contributed by atoms with Crippen molar-refractivity contribution in [2.24, 2.45) is 0 Å². The van der Waals surface area contributed by atoms with Crippen molar-refractivity contribution in [3.63, 3.8) is 0 Å². The first-order chi connectivity index (χ1) is 12.8. The molecule has 1 fully saturated rings. The van der Waals surface area contributed by atoms with Crippen molar-refractivity contribution in [3.8, 4) is 11.1 Å². The van der Waals surface area contributed by atoms with Crippen molar-refractivity contribution in [1.82, 2.24) is 14.3 Å². The van der Waals surface area contributed by atoms with Gasteiger partial charge in [0.05, 0.1) is 11.5 Å². The molecular weight excluding hydrogens is 362 g/mol. The van der Waals surface area contributed by atoms with E-state index < -0.39 is 9.84 Å². The number of hydrogen-bond donors (Lipinski definition) is 0. The number of carbonyl (C=O) groups excluding carboxylic acids is 1. The normalized spacial score (nSPS) is 18.7. The third kappa shape index (κ3) is 3.35. The highest BCUT2D eigenvalue weighted by Gasteiger charge is 2.33. The van der Waals surface area contributed by atoms with Gasteiger partial charge in [-0.3, -0.25) is 4.79 Å². The molecule has 2 aromatic heterocycles. The van der Waals surface area contributed by atoms with Crippen LogP contribution in [0.2, 0.25) is 0 Å². The summed E-state index contributed by atoms with van der Waals surface area (Å²) in [6.45, 7) is 2.01. The molecule has 1 saturated heterocycles. The summed E-state index contributed by atoms with van der Waals surface area (Å²) in [7, 11) is -1.35. The molecule has 6 nitrogen and oxygen atoms in total. The number of aryl methyl sites for hydroxylation is 1. The summed E-state index contributed by atoms with van der Waals surface area (Å²) in [5.41, 5.74) is 4.46. The van der Waals surface area contributed by atoms with Crippen molar-refractivity contribution in [2.45, 2.75) is 19.4 Å². The van der Waals surface area contributed by atoms with Gasteiger partial charge in [-0.05, 0) is 48.2 Å². The van der Waals surface area contributed by atoms with E-state index in [2.05, 4.69) is 11.1 Å². The second-order valence-corrected chi connectivity index (χ2v) is 9.35. The van der Waals surface area contributed by atoms with E-state index in [4.69, 9.17) is 0 Å². The fraction of sp³-hybridized carbons (Fsp3) is 0.300. The molecule has 0 bridgehead atoms. The molecule has 0 aliphatic carbocycles. The summed E-state index contributed by atoms with van der Waals surface area (Å²) in [4.78, 5) is 18.8. The summed E-state index contributed by atoms with van der Waals surface area (Å²) in [5.74, 6) is 0.0460. The molecule has 3 aromatic rings. The second kappa shape index (κ2) is 6.49. The lowest BCUT2D eigenvalue weighted by Crippen LogP contribution is -2.37. The van der Waals surface area contributed by atoms with E-state index in [0.29, 0.717) is 12.0 Å². The smallest absolute Gasteiger partial charge is 0.253 e. The van der Waals surface area contributed by atoms with E-state index >= 15 is 0 Å². The largest absolute Gasteiger partial charge is 0.338 e. The number of nitrogens with zero attached hydrogens (tertiary/aromatic N) is 3. The van der Waals surface area contributed by atoms with E-state index in [1.807, 2.05) is 41.9 Å². The Balaban J connectivity index is 1.64. The van der Waals surface area contributed by atoms with E-state index in [-0.39, 0.29) is 23.5 Å². The number of rotatable bonds is 3. The summed E-state index contributed by atoms with van der Waals surface area (Å²) < 4.78 is 25.4. The molecule has 1 aliphatic heterocycles. The summed E-state index contributed by atoms with van der Waals surface area (Å²) in [6, 6.07) is 9.26. The van der Waals surface area contributed by atoms with Gasteiger partial charge in [0.25, 0.3) is 5.91 Å². The third-order valence-electron chi connectivity index (χ3n) is 5.19. The molecule has 4 rings (SSSR count). The topological polar surface area (TPSA) is 71.8 Å². The molecule has 3 heterocycles. The van der Waals surface area contributed by atoms with Crippen molar-refractivity contribution in [1.29, 1.82) is 0 Å². The maximum atomic E-state index is 12.9. The van der Waals surface area contributed by atoms with Crippen molar-refractivity contribution in [3.05, 3.63) is 60.0 Å². The molecule has 0 spiro atoms. The van der Waals surface area contributed by atoms with Gasteiger partial charge in [-0.2, -0.15) is 0 Å². The Hall–Kier alpha value is -2.67. The predicted molar refractivity (Wildman–Crippen MR) is 105 cm³/mol. The molecule has 1 atom stereocenters. The Bertz CT molecular complexity index is 1130. The molecule has 1 aliphatic rings.